The van der Waals surface area contributed by atoms with Crippen LogP contribution < -0.4 is 11.1 Å². The summed E-state index contributed by atoms with van der Waals surface area (Å²) in [6, 6.07) is 5.95. The summed E-state index contributed by atoms with van der Waals surface area (Å²) < 4.78 is 12.7. The first kappa shape index (κ1) is 10.9. The Morgan fingerprint density at radius 1 is 1.53 bits per heavy atom. The molecule has 0 aliphatic rings. The van der Waals surface area contributed by atoms with Gasteiger partial charge in [-0.25, -0.2) is 4.39 Å². The molecule has 0 aliphatic heterocycles. The first-order valence-corrected chi connectivity index (χ1v) is 4.18. The smallest absolute Gasteiger partial charge is 0.234 e. The summed E-state index contributed by atoms with van der Waals surface area (Å²) >= 11 is 0. The summed E-state index contributed by atoms with van der Waals surface area (Å²) in [6.07, 6.45) is 3.22. The zero-order valence-electron chi connectivity index (χ0n) is 7.85. The number of carbonyl (C=O) groups is 1. The topological polar surface area (TPSA) is 67.5 Å². The van der Waals surface area contributed by atoms with E-state index >= 15 is 0 Å². The van der Waals surface area contributed by atoms with Crippen molar-refractivity contribution in [3.8, 4) is 0 Å². The molecule has 4 nitrogen and oxygen atoms in total. The highest BCUT2D eigenvalue weighted by Crippen LogP contribution is 2.08. The molecular formula is C10H10FN3O. The number of benzene rings is 1. The van der Waals surface area contributed by atoms with Crippen molar-refractivity contribution in [1.29, 1.82) is 0 Å². The van der Waals surface area contributed by atoms with Gasteiger partial charge in [-0.2, -0.15) is 4.99 Å². The van der Waals surface area contributed by atoms with E-state index in [1.807, 2.05) is 0 Å². The lowest BCUT2D eigenvalue weighted by Gasteiger charge is -1.99. The standard InChI is InChI=1S/C10H10FN3O/c11-8-2-1-3-9(6-8)13-5-4-10(12)14-7-15/h1-7,13H,(H2,12,14,15)/b5-4-. The van der Waals surface area contributed by atoms with Gasteiger partial charge < -0.3 is 11.1 Å². The summed E-state index contributed by atoms with van der Waals surface area (Å²) in [7, 11) is 0. The molecule has 0 saturated heterocycles. The molecule has 5 heteroatoms. The summed E-state index contributed by atoms with van der Waals surface area (Å²) in [5, 5.41) is 2.78. The highest BCUT2D eigenvalue weighted by atomic mass is 19.1. The molecule has 0 unspecified atom stereocenters. The second kappa shape index (κ2) is 5.54. The Balaban J connectivity index is 2.57. The molecule has 1 amide bonds. The Morgan fingerprint density at radius 3 is 3.00 bits per heavy atom. The SMILES string of the molecule is NC(/C=C\Nc1cccc(F)c1)=NC=O. The van der Waals surface area contributed by atoms with E-state index in [9.17, 15) is 9.18 Å². The number of hydrogen-bond acceptors (Lipinski definition) is 2. The van der Waals surface area contributed by atoms with Gasteiger partial charge >= 0.3 is 0 Å². The zero-order valence-corrected chi connectivity index (χ0v) is 7.85. The number of anilines is 1. The lowest BCUT2D eigenvalue weighted by molar-refractivity contribution is -0.106. The van der Waals surface area contributed by atoms with Crippen LogP contribution in [0.1, 0.15) is 0 Å². The second-order valence-electron chi connectivity index (χ2n) is 2.65. The fourth-order valence-electron chi connectivity index (χ4n) is 0.905. The fraction of sp³-hybridized carbons (Fsp3) is 0. The molecule has 0 spiro atoms. The Labute approximate surface area is 86.3 Å². The number of amidine groups is 1. The molecule has 1 aromatic carbocycles. The number of amides is 1. The van der Waals surface area contributed by atoms with Gasteiger partial charge in [-0.15, -0.1) is 0 Å². The highest BCUT2D eigenvalue weighted by Gasteiger charge is 1.90. The van der Waals surface area contributed by atoms with Crippen LogP contribution in [0.15, 0.2) is 41.5 Å². The van der Waals surface area contributed by atoms with Crippen molar-refractivity contribution in [2.24, 2.45) is 10.7 Å². The van der Waals surface area contributed by atoms with Crippen LogP contribution in [0.25, 0.3) is 0 Å². The van der Waals surface area contributed by atoms with Crippen molar-refractivity contribution in [3.63, 3.8) is 0 Å². The molecule has 0 aliphatic carbocycles. The van der Waals surface area contributed by atoms with Gasteiger partial charge in [0.1, 0.15) is 11.7 Å². The third kappa shape index (κ3) is 4.04. The van der Waals surface area contributed by atoms with Gasteiger partial charge in [0.2, 0.25) is 6.41 Å². The van der Waals surface area contributed by atoms with E-state index in [1.54, 1.807) is 12.1 Å². The molecule has 0 heterocycles. The molecule has 0 radical (unpaired) electrons. The average Bonchev–Trinajstić information content (AvgIpc) is 2.18. The van der Waals surface area contributed by atoms with Gasteiger partial charge in [0.25, 0.3) is 0 Å². The second-order valence-corrected chi connectivity index (χ2v) is 2.65. The van der Waals surface area contributed by atoms with Crippen molar-refractivity contribution in [3.05, 3.63) is 42.4 Å². The quantitative estimate of drug-likeness (QED) is 0.443. The molecule has 0 fully saturated rings. The lowest BCUT2D eigenvalue weighted by Crippen LogP contribution is -2.08. The van der Waals surface area contributed by atoms with E-state index in [2.05, 4.69) is 10.3 Å². The molecule has 3 N–H and O–H groups in total. The van der Waals surface area contributed by atoms with Gasteiger partial charge in [-0.05, 0) is 24.3 Å². The normalized spacial score (nSPS) is 11.7. The van der Waals surface area contributed by atoms with Crippen LogP contribution in [0.5, 0.6) is 0 Å². The minimum Gasteiger partial charge on any atom is -0.384 e. The maximum atomic E-state index is 12.7. The number of nitrogens with two attached hydrogens (primary N) is 1. The number of nitrogens with zero attached hydrogens (tertiary/aromatic N) is 1. The van der Waals surface area contributed by atoms with Gasteiger partial charge in [-0.1, -0.05) is 6.07 Å². The third-order valence-electron chi connectivity index (χ3n) is 1.53. The Bertz CT molecular complexity index is 401. The summed E-state index contributed by atoms with van der Waals surface area (Å²) in [5.74, 6) is -0.253. The van der Waals surface area contributed by atoms with Crippen LogP contribution in [-0.2, 0) is 4.79 Å². The summed E-state index contributed by atoms with van der Waals surface area (Å²) in [6.45, 7) is 0. The maximum absolute atomic E-state index is 12.7. The van der Waals surface area contributed by atoms with E-state index in [0.29, 0.717) is 12.1 Å². The first-order chi connectivity index (χ1) is 7.22. The first-order valence-electron chi connectivity index (χ1n) is 4.18. The molecule has 1 aromatic rings. The molecule has 0 atom stereocenters. The molecule has 15 heavy (non-hydrogen) atoms. The largest absolute Gasteiger partial charge is 0.384 e. The van der Waals surface area contributed by atoms with Crippen molar-refractivity contribution in [2.75, 3.05) is 5.32 Å². The third-order valence-corrected chi connectivity index (χ3v) is 1.53. The van der Waals surface area contributed by atoms with Crippen molar-refractivity contribution in [1.82, 2.24) is 0 Å². The van der Waals surface area contributed by atoms with Gasteiger partial charge in [0, 0.05) is 11.9 Å². The minimum absolute atomic E-state index is 0.0777. The average molecular weight is 207 g/mol. The zero-order chi connectivity index (χ0) is 11.1. The number of rotatable bonds is 4. The number of aliphatic imine (C=N–C) groups is 1. The Hall–Kier alpha value is -2.17. The molecule has 78 valence electrons. The monoisotopic (exact) mass is 207 g/mol. The van der Waals surface area contributed by atoms with Crippen LogP contribution in [0.3, 0.4) is 0 Å². The predicted octanol–water partition coefficient (Wildman–Crippen LogP) is 1.26. The molecule has 1 rings (SSSR count). The number of hydrogen-bond donors (Lipinski definition) is 2. The van der Waals surface area contributed by atoms with E-state index in [4.69, 9.17) is 5.73 Å². The van der Waals surface area contributed by atoms with Crippen molar-refractivity contribution < 1.29 is 9.18 Å². The van der Waals surface area contributed by atoms with E-state index < -0.39 is 0 Å². The summed E-state index contributed by atoms with van der Waals surface area (Å²) in [5.41, 5.74) is 5.88. The Kier molecular flexibility index (Phi) is 4.03. The van der Waals surface area contributed by atoms with Crippen LogP contribution in [-0.4, -0.2) is 12.2 Å². The minimum atomic E-state index is -0.331. The van der Waals surface area contributed by atoms with Gasteiger partial charge in [-0.3, -0.25) is 4.79 Å². The number of halogens is 1. The predicted molar refractivity (Wildman–Crippen MR) is 56.8 cm³/mol. The summed E-state index contributed by atoms with van der Waals surface area (Å²) in [4.78, 5) is 13.2. The van der Waals surface area contributed by atoms with E-state index in [0.717, 1.165) is 0 Å². The fourth-order valence-corrected chi connectivity index (χ4v) is 0.905. The van der Waals surface area contributed by atoms with E-state index in [1.165, 1.54) is 24.4 Å². The van der Waals surface area contributed by atoms with Crippen LogP contribution >= 0.6 is 0 Å². The molecule has 0 saturated carbocycles. The maximum Gasteiger partial charge on any atom is 0.234 e. The molecular weight excluding hydrogens is 197 g/mol. The lowest BCUT2D eigenvalue weighted by atomic mass is 10.3. The van der Waals surface area contributed by atoms with Crippen LogP contribution in [0.2, 0.25) is 0 Å². The van der Waals surface area contributed by atoms with Crippen molar-refractivity contribution in [2.45, 2.75) is 0 Å². The van der Waals surface area contributed by atoms with Crippen LogP contribution in [0.4, 0.5) is 10.1 Å². The van der Waals surface area contributed by atoms with E-state index in [-0.39, 0.29) is 11.7 Å². The number of nitrogens with one attached hydrogen (secondary N) is 1. The van der Waals surface area contributed by atoms with Gasteiger partial charge in [0.05, 0.1) is 0 Å². The van der Waals surface area contributed by atoms with Crippen LogP contribution in [0, 0.1) is 5.82 Å². The number of carbonyl (C=O) groups excluding carboxylic acids is 1. The van der Waals surface area contributed by atoms with Gasteiger partial charge in [0.15, 0.2) is 0 Å². The Morgan fingerprint density at radius 2 is 2.33 bits per heavy atom. The molecule has 0 aromatic heterocycles. The highest BCUT2D eigenvalue weighted by molar-refractivity contribution is 5.95. The molecule has 0 bridgehead atoms. The van der Waals surface area contributed by atoms with Crippen molar-refractivity contribution >= 4 is 17.9 Å².